The minimum atomic E-state index is 0.850. The van der Waals surface area contributed by atoms with E-state index in [0.717, 1.165) is 11.3 Å². The Morgan fingerprint density at radius 3 is 2.69 bits per heavy atom. The van der Waals surface area contributed by atoms with Crippen LogP contribution in [0.15, 0.2) is 36.5 Å². The van der Waals surface area contributed by atoms with E-state index in [2.05, 4.69) is 10.3 Å². The van der Waals surface area contributed by atoms with Gasteiger partial charge in [-0.25, -0.2) is 0 Å². The van der Waals surface area contributed by atoms with Crippen LogP contribution in [0.4, 0.5) is 0 Å². The van der Waals surface area contributed by atoms with Gasteiger partial charge in [0.15, 0.2) is 0 Å². The average molecular weight is 175 g/mol. The molecule has 1 aromatic heterocycles. The number of hydrogen-bond donors (Lipinski definition) is 0. The maximum absolute atomic E-state index is 4.98. The van der Waals surface area contributed by atoms with Gasteiger partial charge in [-0.05, 0) is 5.21 Å². The van der Waals surface area contributed by atoms with Crippen LogP contribution in [-0.4, -0.2) is 22.3 Å². The predicted molar refractivity (Wildman–Crippen MR) is 48.0 cm³/mol. The molecule has 0 unspecified atom stereocenters. The van der Waals surface area contributed by atoms with Gasteiger partial charge in [0, 0.05) is 5.56 Å². The van der Waals surface area contributed by atoms with Crippen molar-refractivity contribution in [1.82, 2.24) is 15.2 Å². The number of rotatable bonds is 2. The standard InChI is InChI=1S/C9H9N3O/c1-13-12-9(7-10-11-12)8-5-3-2-4-6-8/h2-7H,1H3. The average Bonchev–Trinajstić information content (AvgIpc) is 2.67. The minimum absolute atomic E-state index is 0.850. The van der Waals surface area contributed by atoms with Gasteiger partial charge in [-0.1, -0.05) is 35.2 Å². The SMILES string of the molecule is COn1nncc1-c1ccccc1. The van der Waals surface area contributed by atoms with Gasteiger partial charge in [0.05, 0.1) is 6.20 Å². The molecular formula is C9H9N3O. The Hall–Kier alpha value is -1.84. The third kappa shape index (κ3) is 1.38. The van der Waals surface area contributed by atoms with Crippen LogP contribution in [0.1, 0.15) is 0 Å². The Morgan fingerprint density at radius 2 is 2.00 bits per heavy atom. The van der Waals surface area contributed by atoms with E-state index in [0.29, 0.717) is 0 Å². The lowest BCUT2D eigenvalue weighted by Gasteiger charge is -2.02. The Labute approximate surface area is 75.7 Å². The zero-order valence-electron chi connectivity index (χ0n) is 7.21. The maximum atomic E-state index is 4.98. The van der Waals surface area contributed by atoms with E-state index in [1.807, 2.05) is 30.3 Å². The van der Waals surface area contributed by atoms with Crippen LogP contribution in [0.3, 0.4) is 0 Å². The number of nitrogens with zero attached hydrogens (tertiary/aromatic N) is 3. The number of hydrogen-bond acceptors (Lipinski definition) is 3. The third-order valence-corrected chi connectivity index (χ3v) is 1.76. The Bertz CT molecular complexity index is 383. The summed E-state index contributed by atoms with van der Waals surface area (Å²) in [6.45, 7) is 0. The van der Waals surface area contributed by atoms with Crippen LogP contribution in [0.5, 0.6) is 0 Å². The van der Waals surface area contributed by atoms with Crippen molar-refractivity contribution in [3.8, 4) is 11.3 Å². The summed E-state index contributed by atoms with van der Waals surface area (Å²) < 4.78 is 0. The third-order valence-electron chi connectivity index (χ3n) is 1.76. The van der Waals surface area contributed by atoms with E-state index >= 15 is 0 Å². The smallest absolute Gasteiger partial charge is 0.130 e. The van der Waals surface area contributed by atoms with Crippen molar-refractivity contribution >= 4 is 0 Å². The Morgan fingerprint density at radius 1 is 1.23 bits per heavy atom. The van der Waals surface area contributed by atoms with E-state index in [9.17, 15) is 0 Å². The monoisotopic (exact) mass is 175 g/mol. The van der Waals surface area contributed by atoms with E-state index in [4.69, 9.17) is 4.84 Å². The van der Waals surface area contributed by atoms with Crippen LogP contribution >= 0.6 is 0 Å². The maximum Gasteiger partial charge on any atom is 0.130 e. The van der Waals surface area contributed by atoms with E-state index < -0.39 is 0 Å². The van der Waals surface area contributed by atoms with Gasteiger partial charge in [-0.2, -0.15) is 0 Å². The van der Waals surface area contributed by atoms with Crippen LogP contribution in [0.25, 0.3) is 11.3 Å². The molecule has 13 heavy (non-hydrogen) atoms. The highest BCUT2D eigenvalue weighted by Gasteiger charge is 2.04. The lowest BCUT2D eigenvalue weighted by atomic mass is 10.2. The molecule has 66 valence electrons. The summed E-state index contributed by atoms with van der Waals surface area (Å²) in [4.78, 5) is 6.37. The van der Waals surface area contributed by atoms with Crippen LogP contribution in [0, 0.1) is 0 Å². The zero-order chi connectivity index (χ0) is 9.10. The first-order chi connectivity index (χ1) is 6.42. The summed E-state index contributed by atoms with van der Waals surface area (Å²) in [5, 5.41) is 7.51. The zero-order valence-corrected chi connectivity index (χ0v) is 7.21. The largest absolute Gasteiger partial charge is 0.398 e. The highest BCUT2D eigenvalue weighted by Crippen LogP contribution is 2.15. The molecule has 2 rings (SSSR count). The van der Waals surface area contributed by atoms with Crippen LogP contribution in [-0.2, 0) is 0 Å². The van der Waals surface area contributed by atoms with Crippen molar-refractivity contribution in [2.75, 3.05) is 7.11 Å². The number of aromatic nitrogens is 3. The molecule has 0 aliphatic heterocycles. The molecule has 0 fully saturated rings. The van der Waals surface area contributed by atoms with E-state index in [1.165, 1.54) is 4.85 Å². The van der Waals surface area contributed by atoms with Gasteiger partial charge in [0.1, 0.15) is 12.8 Å². The Balaban J connectivity index is 2.47. The molecule has 4 nitrogen and oxygen atoms in total. The molecule has 0 spiro atoms. The quantitative estimate of drug-likeness (QED) is 0.683. The van der Waals surface area contributed by atoms with Crippen molar-refractivity contribution in [1.29, 1.82) is 0 Å². The van der Waals surface area contributed by atoms with Crippen molar-refractivity contribution in [2.45, 2.75) is 0 Å². The summed E-state index contributed by atoms with van der Waals surface area (Å²) in [7, 11) is 1.56. The fourth-order valence-corrected chi connectivity index (χ4v) is 1.15. The molecule has 4 heteroatoms. The summed E-state index contributed by atoms with van der Waals surface area (Å²) in [5.74, 6) is 0. The van der Waals surface area contributed by atoms with Crippen LogP contribution < -0.4 is 4.84 Å². The lowest BCUT2D eigenvalue weighted by Crippen LogP contribution is -2.09. The molecule has 2 aromatic rings. The normalized spacial score (nSPS) is 9.92. The molecule has 1 heterocycles. The molecule has 0 aliphatic rings. The molecule has 0 N–H and O–H groups in total. The second-order valence-corrected chi connectivity index (χ2v) is 2.54. The molecule has 0 amide bonds. The molecular weight excluding hydrogens is 166 g/mol. The molecule has 0 saturated heterocycles. The fraction of sp³-hybridized carbons (Fsp3) is 0.111. The van der Waals surface area contributed by atoms with E-state index in [1.54, 1.807) is 13.3 Å². The topological polar surface area (TPSA) is 39.9 Å². The van der Waals surface area contributed by atoms with Gasteiger partial charge in [-0.3, -0.25) is 0 Å². The molecule has 0 saturated carbocycles. The fourth-order valence-electron chi connectivity index (χ4n) is 1.15. The van der Waals surface area contributed by atoms with Crippen molar-refractivity contribution < 1.29 is 4.84 Å². The first kappa shape index (κ1) is 7.79. The highest BCUT2D eigenvalue weighted by molar-refractivity contribution is 5.57. The van der Waals surface area contributed by atoms with Gasteiger partial charge in [0.25, 0.3) is 0 Å². The second kappa shape index (κ2) is 3.26. The van der Waals surface area contributed by atoms with Gasteiger partial charge in [-0.15, -0.1) is 5.10 Å². The first-order valence-corrected chi connectivity index (χ1v) is 3.92. The van der Waals surface area contributed by atoms with Gasteiger partial charge in [0.2, 0.25) is 0 Å². The van der Waals surface area contributed by atoms with Gasteiger partial charge >= 0.3 is 0 Å². The first-order valence-electron chi connectivity index (χ1n) is 3.92. The summed E-state index contributed by atoms with van der Waals surface area (Å²) in [5.41, 5.74) is 1.89. The molecule has 1 aromatic carbocycles. The summed E-state index contributed by atoms with van der Waals surface area (Å²) in [6.07, 6.45) is 1.67. The van der Waals surface area contributed by atoms with Crippen molar-refractivity contribution in [3.05, 3.63) is 36.5 Å². The molecule has 0 aliphatic carbocycles. The molecule has 0 bridgehead atoms. The summed E-state index contributed by atoms with van der Waals surface area (Å²) >= 11 is 0. The minimum Gasteiger partial charge on any atom is -0.398 e. The van der Waals surface area contributed by atoms with Crippen molar-refractivity contribution in [3.63, 3.8) is 0 Å². The van der Waals surface area contributed by atoms with Crippen molar-refractivity contribution in [2.24, 2.45) is 0 Å². The highest BCUT2D eigenvalue weighted by atomic mass is 16.7. The second-order valence-electron chi connectivity index (χ2n) is 2.54. The molecule has 0 atom stereocenters. The lowest BCUT2D eigenvalue weighted by molar-refractivity contribution is 0.133. The summed E-state index contributed by atoms with van der Waals surface area (Å²) in [6, 6.07) is 9.84. The predicted octanol–water partition coefficient (Wildman–Crippen LogP) is 1.00. The number of benzene rings is 1. The van der Waals surface area contributed by atoms with Gasteiger partial charge < -0.3 is 4.84 Å². The Kier molecular flexibility index (Phi) is 1.96. The van der Waals surface area contributed by atoms with E-state index in [-0.39, 0.29) is 0 Å². The van der Waals surface area contributed by atoms with Crippen LogP contribution in [0.2, 0.25) is 0 Å². The molecule has 0 radical (unpaired) electrons.